The third-order valence-electron chi connectivity index (χ3n) is 6.30. The zero-order chi connectivity index (χ0) is 22.7. The summed E-state index contributed by atoms with van der Waals surface area (Å²) in [4.78, 5) is 19.0. The van der Waals surface area contributed by atoms with Gasteiger partial charge in [-0.05, 0) is 37.8 Å². The van der Waals surface area contributed by atoms with E-state index in [1.807, 2.05) is 43.3 Å². The molecular weight excluding hydrogens is 424 g/mol. The molecule has 3 fully saturated rings. The smallest absolute Gasteiger partial charge is 0.412 e. The third-order valence-corrected chi connectivity index (χ3v) is 6.30. The van der Waals surface area contributed by atoms with Crippen molar-refractivity contribution in [2.75, 3.05) is 19.9 Å². The van der Waals surface area contributed by atoms with E-state index in [-0.39, 0.29) is 25.0 Å². The summed E-state index contributed by atoms with van der Waals surface area (Å²) in [5.41, 5.74) is 0.244. The molecule has 3 atom stereocenters. The fourth-order valence-electron chi connectivity index (χ4n) is 4.49. The Balaban J connectivity index is 1.44. The predicted molar refractivity (Wildman–Crippen MR) is 119 cm³/mol. The molecule has 1 aliphatic carbocycles. The highest BCUT2D eigenvalue weighted by Crippen LogP contribution is 2.37. The van der Waals surface area contributed by atoms with Gasteiger partial charge in [0.25, 0.3) is 0 Å². The van der Waals surface area contributed by atoms with Gasteiger partial charge in [-0.15, -0.1) is 0 Å². The van der Waals surface area contributed by atoms with Crippen LogP contribution in [0.1, 0.15) is 31.7 Å². The maximum atomic E-state index is 13.0. The second kappa shape index (κ2) is 9.67. The number of amides is 1. The molecule has 8 nitrogen and oxygen atoms in total. The molecule has 0 radical (unpaired) electrons. The summed E-state index contributed by atoms with van der Waals surface area (Å²) in [7, 11) is 0. The minimum absolute atomic E-state index is 0.0189. The van der Waals surface area contributed by atoms with Gasteiger partial charge < -0.3 is 23.7 Å². The van der Waals surface area contributed by atoms with Crippen molar-refractivity contribution in [1.29, 1.82) is 0 Å². The molecule has 1 aromatic heterocycles. The van der Waals surface area contributed by atoms with Crippen LogP contribution in [0.15, 0.2) is 54.7 Å². The van der Waals surface area contributed by atoms with Gasteiger partial charge in [0.1, 0.15) is 24.5 Å². The van der Waals surface area contributed by atoms with Gasteiger partial charge in [-0.3, -0.25) is 4.90 Å². The van der Waals surface area contributed by atoms with Crippen LogP contribution >= 0.6 is 0 Å². The van der Waals surface area contributed by atoms with Gasteiger partial charge in [-0.1, -0.05) is 36.4 Å². The summed E-state index contributed by atoms with van der Waals surface area (Å²) in [5, 5.41) is 0. The van der Waals surface area contributed by atoms with E-state index < -0.39 is 18.0 Å². The van der Waals surface area contributed by atoms with Crippen molar-refractivity contribution in [3.63, 3.8) is 0 Å². The maximum Gasteiger partial charge on any atom is 0.412 e. The normalized spacial score (nSPS) is 25.1. The monoisotopic (exact) mass is 454 g/mol. The van der Waals surface area contributed by atoms with Crippen molar-refractivity contribution in [2.45, 2.75) is 62.7 Å². The minimum Gasteiger partial charge on any atom is -0.468 e. The van der Waals surface area contributed by atoms with Crippen LogP contribution in [0.25, 0.3) is 0 Å². The van der Waals surface area contributed by atoms with Crippen LogP contribution in [0, 0.1) is 0 Å². The summed E-state index contributed by atoms with van der Waals surface area (Å²) >= 11 is 0. The average Bonchev–Trinajstić information content (AvgIpc) is 3.29. The standard InChI is InChI=1S/C25H30N2O6/c1-25(16-22-29-13-14-30-22,33-21-9-5-6-12-26-21)23-20(15-18-7-3-2-4-8-18)27(17-31-23)24(28)32-19-10-11-19/h2-9,12,19-20,22-23H,10-11,13-17H2,1H3. The Morgan fingerprint density at radius 1 is 1.09 bits per heavy atom. The summed E-state index contributed by atoms with van der Waals surface area (Å²) in [5.74, 6) is 0.485. The van der Waals surface area contributed by atoms with E-state index in [0.717, 1.165) is 18.4 Å². The van der Waals surface area contributed by atoms with E-state index in [1.54, 1.807) is 11.1 Å². The molecule has 0 bridgehead atoms. The summed E-state index contributed by atoms with van der Waals surface area (Å²) < 4.78 is 29.9. The van der Waals surface area contributed by atoms with Gasteiger partial charge in [-0.2, -0.15) is 0 Å². The highest BCUT2D eigenvalue weighted by Gasteiger charge is 2.52. The van der Waals surface area contributed by atoms with E-state index >= 15 is 0 Å². The van der Waals surface area contributed by atoms with Crippen molar-refractivity contribution in [2.24, 2.45) is 0 Å². The largest absolute Gasteiger partial charge is 0.468 e. The molecule has 1 saturated carbocycles. The SMILES string of the molecule is CC(CC1OCCO1)(Oc1ccccn1)C1OCN(C(=O)OC2CC2)C1Cc1ccccc1. The van der Waals surface area contributed by atoms with Gasteiger partial charge in [0.2, 0.25) is 5.88 Å². The van der Waals surface area contributed by atoms with Crippen LogP contribution in [-0.4, -0.2) is 66.1 Å². The third kappa shape index (κ3) is 5.29. The van der Waals surface area contributed by atoms with Crippen LogP contribution in [0.2, 0.25) is 0 Å². The number of rotatable bonds is 8. The van der Waals surface area contributed by atoms with E-state index in [1.165, 1.54) is 0 Å². The van der Waals surface area contributed by atoms with Gasteiger partial charge in [0.15, 0.2) is 6.29 Å². The zero-order valence-electron chi connectivity index (χ0n) is 18.8. The summed E-state index contributed by atoms with van der Waals surface area (Å²) in [6, 6.07) is 15.3. The molecular formula is C25H30N2O6. The number of aromatic nitrogens is 1. The first-order chi connectivity index (χ1) is 16.1. The minimum atomic E-state index is -0.864. The van der Waals surface area contributed by atoms with Gasteiger partial charge in [0.05, 0.1) is 19.3 Å². The number of carbonyl (C=O) groups excluding carboxylic acids is 1. The van der Waals surface area contributed by atoms with Crippen molar-refractivity contribution in [3.8, 4) is 5.88 Å². The number of hydrogen-bond acceptors (Lipinski definition) is 7. The van der Waals surface area contributed by atoms with Gasteiger partial charge in [-0.25, -0.2) is 9.78 Å². The van der Waals surface area contributed by atoms with Gasteiger partial charge >= 0.3 is 6.09 Å². The first-order valence-electron chi connectivity index (χ1n) is 11.6. The van der Waals surface area contributed by atoms with Crippen molar-refractivity contribution in [3.05, 3.63) is 60.3 Å². The molecule has 0 spiro atoms. The number of carbonyl (C=O) groups is 1. The molecule has 5 rings (SSSR count). The second-order valence-corrected chi connectivity index (χ2v) is 8.98. The Hall–Kier alpha value is -2.68. The topological polar surface area (TPSA) is 79.4 Å². The molecule has 3 heterocycles. The molecule has 0 N–H and O–H groups in total. The van der Waals surface area contributed by atoms with E-state index in [0.29, 0.717) is 31.9 Å². The molecule has 8 heteroatoms. The fourth-order valence-corrected chi connectivity index (χ4v) is 4.49. The summed E-state index contributed by atoms with van der Waals surface area (Å²) in [6.45, 7) is 3.21. The van der Waals surface area contributed by atoms with Crippen LogP contribution in [0.5, 0.6) is 5.88 Å². The Bertz CT molecular complexity index is 919. The molecule has 2 saturated heterocycles. The molecule has 2 aliphatic heterocycles. The van der Waals surface area contributed by atoms with Crippen molar-refractivity contribution >= 4 is 6.09 Å². The molecule has 176 valence electrons. The predicted octanol–water partition coefficient (Wildman–Crippen LogP) is 3.55. The Morgan fingerprint density at radius 3 is 2.55 bits per heavy atom. The number of hydrogen-bond donors (Lipinski definition) is 0. The lowest BCUT2D eigenvalue weighted by Crippen LogP contribution is -2.55. The number of ether oxygens (including phenoxy) is 5. The van der Waals surface area contributed by atoms with Crippen LogP contribution in [0.3, 0.4) is 0 Å². The lowest BCUT2D eigenvalue weighted by atomic mass is 9.86. The number of benzene rings is 1. The van der Waals surface area contributed by atoms with Crippen molar-refractivity contribution < 1.29 is 28.5 Å². The molecule has 1 amide bonds. The van der Waals surface area contributed by atoms with Crippen LogP contribution in [0.4, 0.5) is 4.79 Å². The summed E-state index contributed by atoms with van der Waals surface area (Å²) in [6.07, 6.45) is 3.40. The molecule has 2 aromatic rings. The van der Waals surface area contributed by atoms with E-state index in [9.17, 15) is 4.79 Å². The Labute approximate surface area is 193 Å². The highest BCUT2D eigenvalue weighted by atomic mass is 16.7. The Morgan fingerprint density at radius 2 is 1.85 bits per heavy atom. The first-order valence-corrected chi connectivity index (χ1v) is 11.6. The molecule has 3 aliphatic rings. The average molecular weight is 455 g/mol. The van der Waals surface area contributed by atoms with Gasteiger partial charge in [0, 0.05) is 18.7 Å². The number of nitrogens with zero attached hydrogens (tertiary/aromatic N) is 2. The first kappa shape index (κ1) is 22.1. The van der Waals surface area contributed by atoms with E-state index in [4.69, 9.17) is 23.7 Å². The van der Waals surface area contributed by atoms with E-state index in [2.05, 4.69) is 17.1 Å². The Kier molecular flexibility index (Phi) is 6.48. The number of pyridine rings is 1. The lowest BCUT2D eigenvalue weighted by molar-refractivity contribution is -0.131. The molecule has 3 unspecified atom stereocenters. The van der Waals surface area contributed by atoms with Crippen molar-refractivity contribution in [1.82, 2.24) is 9.88 Å². The highest BCUT2D eigenvalue weighted by molar-refractivity contribution is 5.69. The fraction of sp³-hybridized carbons (Fsp3) is 0.520. The lowest BCUT2D eigenvalue weighted by Gasteiger charge is -2.39. The quantitative estimate of drug-likeness (QED) is 0.604. The zero-order valence-corrected chi connectivity index (χ0v) is 18.8. The molecule has 33 heavy (non-hydrogen) atoms. The maximum absolute atomic E-state index is 13.0. The van der Waals surface area contributed by atoms with Crippen LogP contribution < -0.4 is 4.74 Å². The second-order valence-electron chi connectivity index (χ2n) is 8.98. The van der Waals surface area contributed by atoms with Crippen LogP contribution in [-0.2, 0) is 25.4 Å². The molecule has 1 aromatic carbocycles.